The van der Waals surface area contributed by atoms with Gasteiger partial charge in [0.05, 0.1) is 21.2 Å². The lowest BCUT2D eigenvalue weighted by Gasteiger charge is -2.34. The minimum absolute atomic E-state index is 0.0484. The van der Waals surface area contributed by atoms with Crippen LogP contribution in [0.15, 0.2) is 77.7 Å². The number of nitrogens with zero attached hydrogens (tertiary/aromatic N) is 2. The first-order valence-corrected chi connectivity index (χ1v) is 16.3. The molecule has 236 valence electrons. The number of halogens is 5. The van der Waals surface area contributed by atoms with Crippen LogP contribution in [-0.2, 0) is 32.3 Å². The predicted molar refractivity (Wildman–Crippen MR) is 164 cm³/mol. The fraction of sp³-hybridized carbons (Fsp3) is 0.355. The van der Waals surface area contributed by atoms with E-state index in [0.717, 1.165) is 37.8 Å². The molecule has 4 rings (SSSR count). The third kappa shape index (κ3) is 7.86. The lowest BCUT2D eigenvalue weighted by Crippen LogP contribution is -2.53. The zero-order chi connectivity index (χ0) is 32.1. The van der Waals surface area contributed by atoms with Crippen molar-refractivity contribution >= 4 is 50.7 Å². The Bertz CT molecular complexity index is 1580. The fourth-order valence-electron chi connectivity index (χ4n) is 5.21. The van der Waals surface area contributed by atoms with Crippen molar-refractivity contribution in [3.8, 4) is 0 Å². The monoisotopic (exact) mass is 669 g/mol. The van der Waals surface area contributed by atoms with E-state index in [1.807, 2.05) is 0 Å². The highest BCUT2D eigenvalue weighted by atomic mass is 35.5. The SMILES string of the molecule is CCC(C(=O)NC1CCCC1)N(Cc1ccccc1Cl)C(=O)CN(c1cc(C(F)(F)F)ccc1Cl)S(=O)(=O)c1ccccc1. The summed E-state index contributed by atoms with van der Waals surface area (Å²) in [7, 11) is -4.61. The summed E-state index contributed by atoms with van der Waals surface area (Å²) < 4.78 is 69.6. The average molecular weight is 671 g/mol. The summed E-state index contributed by atoms with van der Waals surface area (Å²) in [6.45, 7) is 0.633. The zero-order valence-corrected chi connectivity index (χ0v) is 26.2. The molecule has 0 heterocycles. The normalized spacial score (nSPS) is 14.7. The summed E-state index contributed by atoms with van der Waals surface area (Å²) in [5.41, 5.74) is -1.17. The lowest BCUT2D eigenvalue weighted by molar-refractivity contribution is -0.140. The summed E-state index contributed by atoms with van der Waals surface area (Å²) in [6, 6.07) is 14.9. The number of sulfonamides is 1. The van der Waals surface area contributed by atoms with E-state index in [2.05, 4.69) is 5.32 Å². The Labute approximate surface area is 265 Å². The van der Waals surface area contributed by atoms with Crippen LogP contribution in [0.2, 0.25) is 10.0 Å². The summed E-state index contributed by atoms with van der Waals surface area (Å²) in [5.74, 6) is -1.24. The van der Waals surface area contributed by atoms with Gasteiger partial charge in [0.25, 0.3) is 10.0 Å². The molecule has 1 aliphatic carbocycles. The number of carbonyl (C=O) groups excluding carboxylic acids is 2. The zero-order valence-electron chi connectivity index (χ0n) is 23.9. The maximum absolute atomic E-state index is 14.2. The van der Waals surface area contributed by atoms with E-state index in [9.17, 15) is 31.2 Å². The van der Waals surface area contributed by atoms with Crippen molar-refractivity contribution in [3.63, 3.8) is 0 Å². The Hall–Kier alpha value is -3.28. The van der Waals surface area contributed by atoms with Gasteiger partial charge in [0.15, 0.2) is 0 Å². The molecule has 0 aromatic heterocycles. The number of rotatable bonds is 11. The van der Waals surface area contributed by atoms with Gasteiger partial charge in [-0.05, 0) is 61.2 Å². The van der Waals surface area contributed by atoms with E-state index in [-0.39, 0.29) is 28.9 Å². The van der Waals surface area contributed by atoms with Gasteiger partial charge in [-0.3, -0.25) is 13.9 Å². The van der Waals surface area contributed by atoms with Crippen molar-refractivity contribution in [3.05, 3.63) is 94.0 Å². The smallest absolute Gasteiger partial charge is 0.352 e. The molecule has 3 aromatic carbocycles. The molecule has 7 nitrogen and oxygen atoms in total. The second kappa shape index (κ2) is 14.2. The molecule has 0 spiro atoms. The van der Waals surface area contributed by atoms with Gasteiger partial charge in [0.2, 0.25) is 11.8 Å². The maximum atomic E-state index is 14.2. The average Bonchev–Trinajstić information content (AvgIpc) is 3.50. The first-order valence-electron chi connectivity index (χ1n) is 14.1. The Morgan fingerprint density at radius 3 is 2.20 bits per heavy atom. The van der Waals surface area contributed by atoms with E-state index < -0.39 is 51.9 Å². The predicted octanol–water partition coefficient (Wildman–Crippen LogP) is 7.07. The molecule has 1 N–H and O–H groups in total. The molecule has 13 heteroatoms. The Kier molecular flexibility index (Phi) is 10.9. The molecule has 3 aromatic rings. The first kappa shape index (κ1) is 33.6. The molecule has 1 aliphatic rings. The van der Waals surface area contributed by atoms with Gasteiger partial charge < -0.3 is 10.2 Å². The third-order valence-corrected chi connectivity index (χ3v) is 10.0. The number of amides is 2. The highest BCUT2D eigenvalue weighted by molar-refractivity contribution is 7.92. The van der Waals surface area contributed by atoms with Gasteiger partial charge in [-0.2, -0.15) is 13.2 Å². The topological polar surface area (TPSA) is 86.8 Å². The maximum Gasteiger partial charge on any atom is 0.416 e. The molecule has 1 atom stereocenters. The third-order valence-electron chi connectivity index (χ3n) is 7.54. The number of anilines is 1. The summed E-state index contributed by atoms with van der Waals surface area (Å²) in [5, 5.41) is 3.01. The second-order valence-corrected chi connectivity index (χ2v) is 13.2. The number of hydrogen-bond donors (Lipinski definition) is 1. The van der Waals surface area contributed by atoms with Gasteiger partial charge in [-0.1, -0.05) is 79.4 Å². The van der Waals surface area contributed by atoms with Gasteiger partial charge >= 0.3 is 6.18 Å². The molecule has 44 heavy (non-hydrogen) atoms. The van der Waals surface area contributed by atoms with Crippen molar-refractivity contribution in [2.24, 2.45) is 0 Å². The van der Waals surface area contributed by atoms with Crippen LogP contribution < -0.4 is 9.62 Å². The molecule has 0 radical (unpaired) electrons. The van der Waals surface area contributed by atoms with Crippen LogP contribution in [0.25, 0.3) is 0 Å². The van der Waals surface area contributed by atoms with E-state index in [0.29, 0.717) is 21.0 Å². The number of carbonyl (C=O) groups is 2. The van der Waals surface area contributed by atoms with E-state index in [1.165, 1.54) is 29.2 Å². The van der Waals surface area contributed by atoms with E-state index in [1.54, 1.807) is 37.3 Å². The van der Waals surface area contributed by atoms with Crippen LogP contribution in [0.5, 0.6) is 0 Å². The molecule has 1 unspecified atom stereocenters. The van der Waals surface area contributed by atoms with Crippen molar-refractivity contribution in [1.29, 1.82) is 0 Å². The number of hydrogen-bond acceptors (Lipinski definition) is 4. The minimum Gasteiger partial charge on any atom is -0.352 e. The quantitative estimate of drug-likeness (QED) is 0.237. The molecule has 0 bridgehead atoms. The van der Waals surface area contributed by atoms with Crippen LogP contribution in [0, 0.1) is 0 Å². The first-order chi connectivity index (χ1) is 20.8. The molecule has 2 amide bonds. The van der Waals surface area contributed by atoms with Crippen molar-refractivity contribution in [1.82, 2.24) is 10.2 Å². The van der Waals surface area contributed by atoms with Crippen molar-refractivity contribution < 1.29 is 31.2 Å². The highest BCUT2D eigenvalue weighted by Gasteiger charge is 2.37. The molecule has 0 saturated heterocycles. The lowest BCUT2D eigenvalue weighted by atomic mass is 10.1. The Morgan fingerprint density at radius 1 is 0.955 bits per heavy atom. The minimum atomic E-state index is -4.81. The van der Waals surface area contributed by atoms with Gasteiger partial charge in [-0.25, -0.2) is 8.42 Å². The number of nitrogens with one attached hydrogen (secondary N) is 1. The molecule has 1 saturated carbocycles. The van der Waals surface area contributed by atoms with Crippen LogP contribution in [-0.4, -0.2) is 43.8 Å². The van der Waals surface area contributed by atoms with Crippen molar-refractivity contribution in [2.75, 3.05) is 10.8 Å². The Balaban J connectivity index is 1.79. The van der Waals surface area contributed by atoms with Crippen LogP contribution >= 0.6 is 23.2 Å². The molecule has 0 aliphatic heterocycles. The second-order valence-electron chi connectivity index (χ2n) is 10.5. The van der Waals surface area contributed by atoms with Gasteiger partial charge in [0.1, 0.15) is 12.6 Å². The van der Waals surface area contributed by atoms with Crippen LogP contribution in [0.1, 0.15) is 50.2 Å². The molecular formula is C31H32Cl2F3N3O4S. The largest absolute Gasteiger partial charge is 0.416 e. The summed E-state index contributed by atoms with van der Waals surface area (Å²) >= 11 is 12.7. The summed E-state index contributed by atoms with van der Waals surface area (Å²) in [4.78, 5) is 28.7. The highest BCUT2D eigenvalue weighted by Crippen LogP contribution is 2.37. The molecular weight excluding hydrogens is 638 g/mol. The van der Waals surface area contributed by atoms with Gasteiger partial charge in [-0.15, -0.1) is 0 Å². The van der Waals surface area contributed by atoms with Gasteiger partial charge in [0, 0.05) is 17.6 Å². The molecule has 1 fully saturated rings. The van der Waals surface area contributed by atoms with E-state index in [4.69, 9.17) is 23.2 Å². The summed E-state index contributed by atoms with van der Waals surface area (Å²) in [6.07, 6.45) is -1.09. The van der Waals surface area contributed by atoms with Crippen LogP contribution in [0.3, 0.4) is 0 Å². The standard InChI is InChI=1S/C31H32Cl2F3N3O4S/c1-2-27(30(41)37-23-11-7-8-12-23)38(19-21-10-6-9-15-25(21)32)29(40)20-39(44(42,43)24-13-4-3-5-14-24)28-18-22(31(34,35)36)16-17-26(28)33/h3-6,9-10,13-18,23,27H,2,7-8,11-12,19-20H2,1H3,(H,37,41). The van der Waals surface area contributed by atoms with Crippen molar-refractivity contribution in [2.45, 2.75) is 68.7 Å². The fourth-order valence-corrected chi connectivity index (χ4v) is 7.12. The van der Waals surface area contributed by atoms with E-state index >= 15 is 0 Å². The number of alkyl halides is 3. The van der Waals surface area contributed by atoms with Crippen LogP contribution in [0.4, 0.5) is 18.9 Å². The number of benzene rings is 3. The Morgan fingerprint density at radius 2 is 1.59 bits per heavy atom.